The molecule has 2 fully saturated rings. The molecule has 4 rings (SSSR count). The quantitative estimate of drug-likeness (QED) is 0.630. The summed E-state index contributed by atoms with van der Waals surface area (Å²) in [6.07, 6.45) is 1.99. The molecule has 1 N–H and O–H groups in total. The van der Waals surface area contributed by atoms with Crippen LogP contribution in [-0.4, -0.2) is 66.9 Å². The maximum absolute atomic E-state index is 14.2. The monoisotopic (exact) mass is 531 g/mol. The van der Waals surface area contributed by atoms with Gasteiger partial charge in [-0.15, -0.1) is 0 Å². The molecular weight excluding hydrogens is 493 g/mol. The molecular formula is C27H38FN5O3S. The van der Waals surface area contributed by atoms with Crippen molar-refractivity contribution in [1.82, 2.24) is 14.6 Å². The zero-order valence-electron chi connectivity index (χ0n) is 22.5. The Morgan fingerprint density at radius 2 is 1.84 bits per heavy atom. The van der Waals surface area contributed by atoms with E-state index in [1.807, 2.05) is 12.1 Å². The first-order valence-electron chi connectivity index (χ1n) is 12.7. The number of benzene rings is 1. The van der Waals surface area contributed by atoms with Crippen molar-refractivity contribution in [2.45, 2.75) is 70.4 Å². The SMILES string of the molecule is C[C@H](N=C1NS(=O)(=O)C(Cc2ccc(N3CCN(C(C)(C)C)CC3)nc2)C(C)(C)O1)c1ccccc1F. The third kappa shape index (κ3) is 6.23. The second kappa shape index (κ2) is 10.2. The van der Waals surface area contributed by atoms with E-state index in [1.165, 1.54) is 6.07 Å². The Bertz CT molecular complexity index is 1230. The van der Waals surface area contributed by atoms with Crippen LogP contribution in [0.25, 0.3) is 0 Å². The highest BCUT2D eigenvalue weighted by molar-refractivity contribution is 7.90. The van der Waals surface area contributed by atoms with Gasteiger partial charge in [0.2, 0.25) is 10.0 Å². The minimum Gasteiger partial charge on any atom is -0.457 e. The van der Waals surface area contributed by atoms with Gasteiger partial charge in [0.25, 0.3) is 6.02 Å². The van der Waals surface area contributed by atoms with Crippen molar-refractivity contribution in [3.63, 3.8) is 0 Å². The van der Waals surface area contributed by atoms with Crippen LogP contribution in [0.4, 0.5) is 10.2 Å². The molecule has 0 amide bonds. The Hall–Kier alpha value is -2.72. The maximum Gasteiger partial charge on any atom is 0.299 e. The summed E-state index contributed by atoms with van der Waals surface area (Å²) in [4.78, 5) is 13.7. The van der Waals surface area contributed by atoms with E-state index in [1.54, 1.807) is 45.2 Å². The number of hydrogen-bond acceptors (Lipinski definition) is 7. The summed E-state index contributed by atoms with van der Waals surface area (Å²) in [7, 11) is -3.81. The molecule has 0 saturated carbocycles. The van der Waals surface area contributed by atoms with Gasteiger partial charge in [-0.2, -0.15) is 0 Å². The van der Waals surface area contributed by atoms with Crippen LogP contribution in [0, 0.1) is 5.82 Å². The molecule has 37 heavy (non-hydrogen) atoms. The Morgan fingerprint density at radius 3 is 2.41 bits per heavy atom. The van der Waals surface area contributed by atoms with Crippen LogP contribution in [0.1, 0.15) is 58.7 Å². The fourth-order valence-corrected chi connectivity index (χ4v) is 6.60. The number of aromatic nitrogens is 1. The zero-order chi connectivity index (χ0) is 27.0. The van der Waals surface area contributed by atoms with Gasteiger partial charge in [-0.1, -0.05) is 24.3 Å². The van der Waals surface area contributed by atoms with Crippen LogP contribution in [0.5, 0.6) is 0 Å². The Labute approximate surface area is 220 Å². The molecule has 2 saturated heterocycles. The highest BCUT2D eigenvalue weighted by Gasteiger charge is 2.47. The number of aliphatic imine (C=N–C) groups is 1. The van der Waals surface area contributed by atoms with Crippen molar-refractivity contribution in [3.8, 4) is 0 Å². The van der Waals surface area contributed by atoms with Gasteiger partial charge in [0.1, 0.15) is 22.5 Å². The molecule has 2 atom stereocenters. The largest absolute Gasteiger partial charge is 0.457 e. The van der Waals surface area contributed by atoms with Crippen LogP contribution in [0.2, 0.25) is 0 Å². The molecule has 1 aromatic heterocycles. The molecule has 0 bridgehead atoms. The number of halogens is 1. The topological polar surface area (TPSA) is 87.1 Å². The van der Waals surface area contributed by atoms with Gasteiger partial charge in [-0.05, 0) is 65.7 Å². The van der Waals surface area contributed by atoms with E-state index in [0.29, 0.717) is 5.56 Å². The number of nitrogens with zero attached hydrogens (tertiary/aromatic N) is 4. The number of amidine groups is 1. The zero-order valence-corrected chi connectivity index (χ0v) is 23.3. The summed E-state index contributed by atoms with van der Waals surface area (Å²) >= 11 is 0. The summed E-state index contributed by atoms with van der Waals surface area (Å²) < 4.78 is 49.1. The van der Waals surface area contributed by atoms with E-state index in [0.717, 1.165) is 37.6 Å². The predicted octanol–water partition coefficient (Wildman–Crippen LogP) is 3.90. The minimum atomic E-state index is -3.81. The molecule has 2 aliphatic rings. The molecule has 2 aromatic rings. The van der Waals surface area contributed by atoms with E-state index >= 15 is 0 Å². The molecule has 1 aromatic carbocycles. The average molecular weight is 532 g/mol. The van der Waals surface area contributed by atoms with Gasteiger partial charge in [-0.3, -0.25) is 4.90 Å². The molecule has 2 aliphatic heterocycles. The standard InChI is InChI=1S/C27H38FN5O3S/c1-19(21-9-7-8-10-22(21)28)30-25-31-37(34,35)23(27(5,6)36-25)17-20-11-12-24(29-18-20)32-13-15-33(16-14-32)26(2,3)4/h7-12,18-19,23H,13-17H2,1-6H3,(H,30,31)/t19-,23?/m0/s1. The van der Waals surface area contributed by atoms with Crippen molar-refractivity contribution < 1.29 is 17.5 Å². The lowest BCUT2D eigenvalue weighted by molar-refractivity contribution is 0.0762. The fraction of sp³-hybridized carbons (Fsp3) is 0.556. The second-order valence-corrected chi connectivity index (χ2v) is 13.2. The van der Waals surface area contributed by atoms with Crippen molar-refractivity contribution in [2.75, 3.05) is 31.1 Å². The number of sulfonamides is 1. The molecule has 202 valence electrons. The third-order valence-electron chi connectivity index (χ3n) is 7.19. The molecule has 0 aliphatic carbocycles. The van der Waals surface area contributed by atoms with E-state index in [9.17, 15) is 12.8 Å². The maximum atomic E-state index is 14.2. The van der Waals surface area contributed by atoms with Crippen LogP contribution in [0.15, 0.2) is 47.6 Å². The van der Waals surface area contributed by atoms with Crippen LogP contribution in [0.3, 0.4) is 0 Å². The van der Waals surface area contributed by atoms with Gasteiger partial charge in [0, 0.05) is 43.5 Å². The number of pyridine rings is 1. The summed E-state index contributed by atoms with van der Waals surface area (Å²) in [5.41, 5.74) is 0.269. The Morgan fingerprint density at radius 1 is 1.16 bits per heavy atom. The lowest BCUT2D eigenvalue weighted by Gasteiger charge is -2.42. The summed E-state index contributed by atoms with van der Waals surface area (Å²) in [6.45, 7) is 15.6. The number of anilines is 1. The van der Waals surface area contributed by atoms with Crippen LogP contribution < -0.4 is 9.62 Å². The summed E-state index contributed by atoms with van der Waals surface area (Å²) in [6, 6.07) is 9.44. The van der Waals surface area contributed by atoms with E-state index < -0.39 is 32.7 Å². The first-order valence-corrected chi connectivity index (χ1v) is 14.3. The van der Waals surface area contributed by atoms with Gasteiger partial charge in [-0.25, -0.2) is 27.5 Å². The van der Waals surface area contributed by atoms with Crippen molar-refractivity contribution in [2.24, 2.45) is 4.99 Å². The molecule has 3 heterocycles. The highest BCUT2D eigenvalue weighted by atomic mass is 32.2. The molecule has 10 heteroatoms. The molecule has 8 nitrogen and oxygen atoms in total. The van der Waals surface area contributed by atoms with E-state index in [2.05, 4.69) is 45.3 Å². The van der Waals surface area contributed by atoms with Gasteiger partial charge < -0.3 is 9.64 Å². The lowest BCUT2D eigenvalue weighted by atomic mass is 9.98. The summed E-state index contributed by atoms with van der Waals surface area (Å²) in [5.74, 6) is 0.496. The normalized spacial score (nSPS) is 23.8. The third-order valence-corrected chi connectivity index (χ3v) is 9.13. The Balaban J connectivity index is 1.44. The van der Waals surface area contributed by atoms with Gasteiger partial charge >= 0.3 is 0 Å². The van der Waals surface area contributed by atoms with Gasteiger partial charge in [0.05, 0.1) is 6.04 Å². The predicted molar refractivity (Wildman–Crippen MR) is 145 cm³/mol. The number of hydrogen-bond donors (Lipinski definition) is 1. The van der Waals surface area contributed by atoms with Crippen LogP contribution in [-0.2, 0) is 21.2 Å². The first kappa shape index (κ1) is 27.3. The molecule has 0 spiro atoms. The van der Waals surface area contributed by atoms with E-state index in [4.69, 9.17) is 4.74 Å². The fourth-order valence-electron chi connectivity index (χ4n) is 4.91. The van der Waals surface area contributed by atoms with Crippen molar-refractivity contribution in [1.29, 1.82) is 0 Å². The number of nitrogens with one attached hydrogen (secondary N) is 1. The summed E-state index contributed by atoms with van der Waals surface area (Å²) in [5, 5.41) is -0.856. The number of piperazine rings is 1. The number of rotatable bonds is 5. The molecule has 0 radical (unpaired) electrons. The van der Waals surface area contributed by atoms with Gasteiger partial charge in [0.15, 0.2) is 0 Å². The van der Waals surface area contributed by atoms with Crippen molar-refractivity contribution >= 4 is 21.9 Å². The van der Waals surface area contributed by atoms with Crippen molar-refractivity contribution in [3.05, 3.63) is 59.5 Å². The lowest BCUT2D eigenvalue weighted by Crippen LogP contribution is -2.59. The first-order chi connectivity index (χ1) is 17.3. The van der Waals surface area contributed by atoms with Crippen LogP contribution >= 0.6 is 0 Å². The average Bonchev–Trinajstić information content (AvgIpc) is 2.81. The second-order valence-electron chi connectivity index (χ2n) is 11.3. The smallest absolute Gasteiger partial charge is 0.299 e. The number of ether oxygens (including phenoxy) is 1. The van der Waals surface area contributed by atoms with E-state index in [-0.39, 0.29) is 18.0 Å². The minimum absolute atomic E-state index is 0.125. The Kier molecular flexibility index (Phi) is 7.54. The highest BCUT2D eigenvalue weighted by Crippen LogP contribution is 2.30. The molecule has 1 unspecified atom stereocenters.